The lowest BCUT2D eigenvalue weighted by atomic mass is 10.2. The van der Waals surface area contributed by atoms with E-state index < -0.39 is 0 Å². The number of aromatic nitrogens is 2. The molecule has 0 fully saturated rings. The van der Waals surface area contributed by atoms with Gasteiger partial charge in [0.15, 0.2) is 0 Å². The zero-order valence-electron chi connectivity index (χ0n) is 12.1. The molecule has 1 amide bonds. The van der Waals surface area contributed by atoms with Gasteiger partial charge in [-0.3, -0.25) is 9.36 Å². The summed E-state index contributed by atoms with van der Waals surface area (Å²) in [7, 11) is 0. The molecule has 3 N–H and O–H groups in total. The highest BCUT2D eigenvalue weighted by atomic mass is 16.2. The Morgan fingerprint density at radius 2 is 2.10 bits per heavy atom. The molecule has 0 spiro atoms. The van der Waals surface area contributed by atoms with Crippen LogP contribution in [0.5, 0.6) is 0 Å². The smallest absolute Gasteiger partial charge is 0.347 e. The van der Waals surface area contributed by atoms with Crippen molar-refractivity contribution < 1.29 is 4.79 Å². The fraction of sp³-hybridized carbons (Fsp3) is 0.267. The third-order valence-corrected chi connectivity index (χ3v) is 3.08. The number of anilines is 2. The minimum atomic E-state index is -0.329. The fourth-order valence-corrected chi connectivity index (χ4v) is 2.10. The van der Waals surface area contributed by atoms with Gasteiger partial charge in [0.1, 0.15) is 0 Å². The Balaban J connectivity index is 2.00. The van der Waals surface area contributed by atoms with E-state index in [1.165, 1.54) is 4.57 Å². The van der Waals surface area contributed by atoms with Gasteiger partial charge in [-0.25, -0.2) is 4.79 Å². The molecule has 1 aromatic carbocycles. The third kappa shape index (κ3) is 3.92. The van der Waals surface area contributed by atoms with Gasteiger partial charge in [-0.05, 0) is 38.1 Å². The van der Waals surface area contributed by atoms with Gasteiger partial charge >= 0.3 is 5.69 Å². The summed E-state index contributed by atoms with van der Waals surface area (Å²) >= 11 is 0. The Hall–Kier alpha value is -2.63. The maximum Gasteiger partial charge on any atom is 0.347 e. The average Bonchev–Trinajstić information content (AvgIpc) is 2.37. The van der Waals surface area contributed by atoms with Crippen LogP contribution in [-0.2, 0) is 11.3 Å². The van der Waals surface area contributed by atoms with Crippen LogP contribution < -0.4 is 16.7 Å². The number of carbonyl (C=O) groups excluding carboxylic acids is 1. The maximum atomic E-state index is 11.9. The summed E-state index contributed by atoms with van der Waals surface area (Å²) in [5.41, 5.74) is 8.02. The molecule has 2 rings (SSSR count). The molecule has 0 atom stereocenters. The van der Waals surface area contributed by atoms with E-state index in [4.69, 9.17) is 5.73 Å². The lowest BCUT2D eigenvalue weighted by molar-refractivity contribution is -0.116. The van der Waals surface area contributed by atoms with Crippen LogP contribution >= 0.6 is 0 Å². The van der Waals surface area contributed by atoms with E-state index in [-0.39, 0.29) is 18.0 Å². The highest BCUT2D eigenvalue weighted by Crippen LogP contribution is 2.12. The number of aryl methyl sites for hydroxylation is 2. The molecule has 0 unspecified atom stereocenters. The van der Waals surface area contributed by atoms with Crippen LogP contribution in [0.3, 0.4) is 0 Å². The number of benzene rings is 1. The second-order valence-electron chi connectivity index (χ2n) is 4.90. The molecular formula is C15H18N4O2. The van der Waals surface area contributed by atoms with E-state index in [1.54, 1.807) is 31.2 Å². The SMILES string of the molecule is Cc1cc(C)n(CCC(=O)Nc2cccc(N)c2)c(=O)n1. The quantitative estimate of drug-likeness (QED) is 0.833. The second kappa shape index (κ2) is 6.21. The van der Waals surface area contributed by atoms with Crippen molar-refractivity contribution in [2.45, 2.75) is 26.8 Å². The zero-order valence-corrected chi connectivity index (χ0v) is 12.1. The second-order valence-corrected chi connectivity index (χ2v) is 4.90. The van der Waals surface area contributed by atoms with Crippen molar-refractivity contribution in [3.8, 4) is 0 Å². The molecule has 0 aliphatic carbocycles. The van der Waals surface area contributed by atoms with Gasteiger partial charge < -0.3 is 11.1 Å². The zero-order chi connectivity index (χ0) is 15.4. The van der Waals surface area contributed by atoms with Crippen molar-refractivity contribution in [3.05, 3.63) is 52.2 Å². The molecule has 110 valence electrons. The number of nitrogens with one attached hydrogen (secondary N) is 1. The van der Waals surface area contributed by atoms with Gasteiger partial charge in [0.05, 0.1) is 0 Å². The van der Waals surface area contributed by atoms with Crippen LogP contribution in [0.25, 0.3) is 0 Å². The first kappa shape index (κ1) is 14.8. The molecule has 0 bridgehead atoms. The number of rotatable bonds is 4. The first-order chi connectivity index (χ1) is 9.95. The summed E-state index contributed by atoms with van der Waals surface area (Å²) in [6.07, 6.45) is 0.195. The summed E-state index contributed by atoms with van der Waals surface area (Å²) in [6.45, 7) is 3.89. The van der Waals surface area contributed by atoms with Crippen molar-refractivity contribution in [1.29, 1.82) is 0 Å². The number of nitrogens with two attached hydrogens (primary N) is 1. The summed E-state index contributed by atoms with van der Waals surface area (Å²) in [5, 5.41) is 2.75. The van der Waals surface area contributed by atoms with Gasteiger partial charge in [0.25, 0.3) is 0 Å². The maximum absolute atomic E-state index is 11.9. The number of amides is 1. The molecule has 0 aliphatic rings. The number of hydrogen-bond donors (Lipinski definition) is 2. The van der Waals surface area contributed by atoms with Crippen LogP contribution in [0.4, 0.5) is 11.4 Å². The van der Waals surface area contributed by atoms with E-state index in [0.29, 0.717) is 23.6 Å². The predicted octanol–water partition coefficient (Wildman–Crippen LogP) is 1.47. The van der Waals surface area contributed by atoms with Crippen LogP contribution in [0.2, 0.25) is 0 Å². The van der Waals surface area contributed by atoms with E-state index in [1.807, 2.05) is 13.0 Å². The molecule has 0 saturated carbocycles. The number of carbonyl (C=O) groups is 1. The molecule has 2 aromatic rings. The molecular weight excluding hydrogens is 268 g/mol. The van der Waals surface area contributed by atoms with Gasteiger partial charge in [-0.2, -0.15) is 4.98 Å². The lowest BCUT2D eigenvalue weighted by Gasteiger charge is -2.10. The van der Waals surface area contributed by atoms with E-state index in [9.17, 15) is 9.59 Å². The van der Waals surface area contributed by atoms with E-state index >= 15 is 0 Å². The molecule has 1 aromatic heterocycles. The molecule has 1 heterocycles. The Bertz CT molecular complexity index is 722. The predicted molar refractivity (Wildman–Crippen MR) is 82.1 cm³/mol. The topological polar surface area (TPSA) is 90.0 Å². The minimum absolute atomic E-state index is 0.174. The molecule has 0 aliphatic heterocycles. The van der Waals surface area contributed by atoms with Crippen LogP contribution in [0, 0.1) is 13.8 Å². The Kier molecular flexibility index (Phi) is 4.37. The van der Waals surface area contributed by atoms with Gasteiger partial charge in [0.2, 0.25) is 5.91 Å². The average molecular weight is 286 g/mol. The minimum Gasteiger partial charge on any atom is -0.399 e. The number of hydrogen-bond acceptors (Lipinski definition) is 4. The third-order valence-electron chi connectivity index (χ3n) is 3.08. The Morgan fingerprint density at radius 1 is 1.33 bits per heavy atom. The van der Waals surface area contributed by atoms with Crippen molar-refractivity contribution in [3.63, 3.8) is 0 Å². The van der Waals surface area contributed by atoms with E-state index in [2.05, 4.69) is 10.3 Å². The van der Waals surface area contributed by atoms with Crippen molar-refractivity contribution in [1.82, 2.24) is 9.55 Å². The summed E-state index contributed by atoms with van der Waals surface area (Å²) < 4.78 is 1.49. The van der Waals surface area contributed by atoms with E-state index in [0.717, 1.165) is 5.69 Å². The van der Waals surface area contributed by atoms with Gasteiger partial charge in [-0.1, -0.05) is 6.07 Å². The van der Waals surface area contributed by atoms with Crippen molar-refractivity contribution >= 4 is 17.3 Å². The molecule has 0 radical (unpaired) electrons. The Morgan fingerprint density at radius 3 is 2.76 bits per heavy atom. The Labute approximate surface area is 122 Å². The largest absolute Gasteiger partial charge is 0.399 e. The number of nitrogen functional groups attached to an aromatic ring is 1. The van der Waals surface area contributed by atoms with Crippen LogP contribution in [0.1, 0.15) is 17.8 Å². The molecule has 0 saturated heterocycles. The highest BCUT2D eigenvalue weighted by Gasteiger charge is 2.07. The van der Waals surface area contributed by atoms with Crippen LogP contribution in [-0.4, -0.2) is 15.5 Å². The molecule has 6 heteroatoms. The molecule has 6 nitrogen and oxygen atoms in total. The van der Waals surface area contributed by atoms with Crippen molar-refractivity contribution in [2.24, 2.45) is 0 Å². The van der Waals surface area contributed by atoms with Crippen LogP contribution in [0.15, 0.2) is 35.1 Å². The lowest BCUT2D eigenvalue weighted by Crippen LogP contribution is -2.27. The normalized spacial score (nSPS) is 10.4. The first-order valence-corrected chi connectivity index (χ1v) is 6.66. The highest BCUT2D eigenvalue weighted by molar-refractivity contribution is 5.91. The van der Waals surface area contributed by atoms with Gasteiger partial charge in [0, 0.05) is 35.7 Å². The monoisotopic (exact) mass is 286 g/mol. The van der Waals surface area contributed by atoms with Gasteiger partial charge in [-0.15, -0.1) is 0 Å². The fourth-order valence-electron chi connectivity index (χ4n) is 2.10. The van der Waals surface area contributed by atoms with Crippen molar-refractivity contribution in [2.75, 3.05) is 11.1 Å². The standard InChI is InChI=1S/C15H18N4O2/c1-10-8-11(2)19(15(21)17-10)7-6-14(20)18-13-5-3-4-12(16)9-13/h3-5,8-9H,6-7,16H2,1-2H3,(H,18,20). The first-order valence-electron chi connectivity index (χ1n) is 6.66. The summed E-state index contributed by atoms with van der Waals surface area (Å²) in [5.74, 6) is -0.174. The summed E-state index contributed by atoms with van der Waals surface area (Å²) in [4.78, 5) is 27.5. The number of nitrogens with zero attached hydrogens (tertiary/aromatic N) is 2. The molecule has 21 heavy (non-hydrogen) atoms. The summed E-state index contributed by atoms with van der Waals surface area (Å²) in [6, 6.07) is 8.78.